The number of H-pyrrole nitrogens is 1. The Morgan fingerprint density at radius 3 is 3.12 bits per heavy atom. The summed E-state index contributed by atoms with van der Waals surface area (Å²) in [6.45, 7) is 0.839. The number of hydrogen-bond donors (Lipinski definition) is 2. The van der Waals surface area contributed by atoms with Gasteiger partial charge in [0.2, 0.25) is 5.91 Å². The number of amides is 1. The maximum atomic E-state index is 13.4. The monoisotopic (exact) mass is 346 g/mol. The number of imidazole rings is 1. The van der Waals surface area contributed by atoms with Crippen molar-refractivity contribution in [1.82, 2.24) is 14.9 Å². The number of hydrogen-bond acceptors (Lipinski definition) is 4. The van der Waals surface area contributed by atoms with Gasteiger partial charge >= 0.3 is 0 Å². The van der Waals surface area contributed by atoms with E-state index in [1.54, 1.807) is 17.2 Å². The lowest BCUT2D eigenvalue weighted by atomic mass is 10.0. The van der Waals surface area contributed by atoms with E-state index < -0.39 is 6.04 Å². The Kier molecular flexibility index (Phi) is 5.45. The number of halogens is 1. The van der Waals surface area contributed by atoms with Crippen LogP contribution in [0.15, 0.2) is 30.5 Å². The highest BCUT2D eigenvalue weighted by Crippen LogP contribution is 2.31. The molecule has 1 aromatic carbocycles. The normalized spacial score (nSPS) is 19.0. The van der Waals surface area contributed by atoms with Gasteiger partial charge in [0, 0.05) is 19.2 Å². The van der Waals surface area contributed by atoms with Crippen LogP contribution in [0, 0.1) is 5.82 Å². The number of rotatable bonds is 5. The maximum Gasteiger partial charge on any atom is 0.242 e. The molecule has 25 heavy (non-hydrogen) atoms. The largest absolute Gasteiger partial charge is 0.383 e. The third-order valence-electron chi connectivity index (χ3n) is 4.50. The molecular formula is C18H23FN4O2. The summed E-state index contributed by atoms with van der Waals surface area (Å²) in [5.74, 6) is 0.279. The van der Waals surface area contributed by atoms with E-state index in [0.29, 0.717) is 12.4 Å². The topological polar surface area (TPSA) is 84.2 Å². The van der Waals surface area contributed by atoms with Crippen LogP contribution in [0.2, 0.25) is 0 Å². The van der Waals surface area contributed by atoms with Crippen molar-refractivity contribution in [2.45, 2.75) is 31.3 Å². The number of benzene rings is 1. The van der Waals surface area contributed by atoms with Crippen LogP contribution < -0.4 is 5.73 Å². The first kappa shape index (κ1) is 17.6. The minimum Gasteiger partial charge on any atom is -0.383 e. The molecule has 2 unspecified atom stereocenters. The molecule has 0 radical (unpaired) electrons. The number of carbonyl (C=O) groups excluding carboxylic acids is 1. The summed E-state index contributed by atoms with van der Waals surface area (Å²) < 4.78 is 18.4. The van der Waals surface area contributed by atoms with E-state index in [9.17, 15) is 9.18 Å². The fourth-order valence-electron chi connectivity index (χ4n) is 3.25. The van der Waals surface area contributed by atoms with Crippen LogP contribution in [-0.4, -0.2) is 47.1 Å². The Morgan fingerprint density at radius 1 is 1.52 bits per heavy atom. The predicted octanol–water partition coefficient (Wildman–Crippen LogP) is 2.24. The van der Waals surface area contributed by atoms with E-state index in [1.807, 2.05) is 6.07 Å². The fraction of sp³-hybridized carbons (Fsp3) is 0.444. The van der Waals surface area contributed by atoms with Gasteiger partial charge in [-0.1, -0.05) is 12.1 Å². The highest BCUT2D eigenvalue weighted by atomic mass is 19.1. The molecule has 134 valence electrons. The first-order valence-corrected chi connectivity index (χ1v) is 8.46. The van der Waals surface area contributed by atoms with Crippen LogP contribution in [0.1, 0.15) is 31.1 Å². The SMILES string of the molecule is COCC(N)C(=O)N1CCCCC1c1ncc(-c2cccc(F)c2)[nH]1. The second-order valence-electron chi connectivity index (χ2n) is 6.30. The van der Waals surface area contributed by atoms with Crippen molar-refractivity contribution >= 4 is 5.91 Å². The van der Waals surface area contributed by atoms with Gasteiger partial charge in [0.1, 0.15) is 17.7 Å². The number of ether oxygens (including phenoxy) is 1. The molecule has 3 N–H and O–H groups in total. The molecule has 2 aromatic rings. The van der Waals surface area contributed by atoms with Crippen LogP contribution in [0.3, 0.4) is 0 Å². The number of aromatic nitrogens is 2. The standard InChI is InChI=1S/C18H23FN4O2/c1-25-11-14(20)18(24)23-8-3-2-7-16(23)17-21-10-15(22-17)12-5-4-6-13(19)9-12/h4-6,9-10,14,16H,2-3,7-8,11,20H2,1H3,(H,21,22). The molecule has 1 amide bonds. The van der Waals surface area contributed by atoms with Gasteiger partial charge in [0.25, 0.3) is 0 Å². The molecular weight excluding hydrogens is 323 g/mol. The molecule has 0 saturated carbocycles. The number of likely N-dealkylation sites (tertiary alicyclic amines) is 1. The van der Waals surface area contributed by atoms with E-state index in [1.165, 1.54) is 19.2 Å². The smallest absolute Gasteiger partial charge is 0.242 e. The summed E-state index contributed by atoms with van der Waals surface area (Å²) >= 11 is 0. The number of nitrogens with zero attached hydrogens (tertiary/aromatic N) is 2. The first-order chi connectivity index (χ1) is 12.1. The van der Waals surface area contributed by atoms with Crippen LogP contribution in [0.5, 0.6) is 0 Å². The molecule has 0 bridgehead atoms. The first-order valence-electron chi connectivity index (χ1n) is 8.46. The van der Waals surface area contributed by atoms with Crippen molar-refractivity contribution in [2.24, 2.45) is 5.73 Å². The molecule has 3 rings (SSSR count). The van der Waals surface area contributed by atoms with Crippen molar-refractivity contribution in [3.8, 4) is 11.3 Å². The lowest BCUT2D eigenvalue weighted by Crippen LogP contribution is -2.49. The van der Waals surface area contributed by atoms with Crippen LogP contribution in [0.25, 0.3) is 11.3 Å². The number of carbonyl (C=O) groups is 1. The summed E-state index contributed by atoms with van der Waals surface area (Å²) in [5.41, 5.74) is 7.38. The lowest BCUT2D eigenvalue weighted by molar-refractivity contribution is -0.137. The molecule has 2 atom stereocenters. The quantitative estimate of drug-likeness (QED) is 0.870. The summed E-state index contributed by atoms with van der Waals surface area (Å²) in [4.78, 5) is 22.1. The molecule has 1 fully saturated rings. The Morgan fingerprint density at radius 2 is 2.36 bits per heavy atom. The van der Waals surface area contributed by atoms with Gasteiger partial charge in [0.05, 0.1) is 24.5 Å². The molecule has 1 aliphatic rings. The fourth-order valence-corrected chi connectivity index (χ4v) is 3.25. The molecule has 1 aromatic heterocycles. The van der Waals surface area contributed by atoms with Crippen molar-refractivity contribution in [1.29, 1.82) is 0 Å². The van der Waals surface area contributed by atoms with Crippen molar-refractivity contribution in [2.75, 3.05) is 20.3 Å². The molecule has 7 heteroatoms. The summed E-state index contributed by atoms with van der Waals surface area (Å²) in [6.07, 6.45) is 4.46. The summed E-state index contributed by atoms with van der Waals surface area (Å²) in [7, 11) is 1.53. The summed E-state index contributed by atoms with van der Waals surface area (Å²) in [5, 5.41) is 0. The van der Waals surface area contributed by atoms with Gasteiger partial charge in [-0.05, 0) is 31.4 Å². The second-order valence-corrected chi connectivity index (χ2v) is 6.30. The van der Waals surface area contributed by atoms with Gasteiger partial charge in [0.15, 0.2) is 0 Å². The Balaban J connectivity index is 1.82. The molecule has 1 aliphatic heterocycles. The van der Waals surface area contributed by atoms with Crippen molar-refractivity contribution < 1.29 is 13.9 Å². The second kappa shape index (κ2) is 7.76. The van der Waals surface area contributed by atoms with E-state index in [4.69, 9.17) is 10.5 Å². The number of methoxy groups -OCH3 is 1. The van der Waals surface area contributed by atoms with E-state index >= 15 is 0 Å². The number of aromatic amines is 1. The van der Waals surface area contributed by atoms with Crippen LogP contribution >= 0.6 is 0 Å². The number of nitrogens with one attached hydrogen (secondary N) is 1. The predicted molar refractivity (Wildman–Crippen MR) is 92.1 cm³/mol. The zero-order valence-electron chi connectivity index (χ0n) is 14.2. The average molecular weight is 346 g/mol. The van der Waals surface area contributed by atoms with Gasteiger partial charge in [-0.25, -0.2) is 9.37 Å². The minimum atomic E-state index is -0.678. The lowest BCUT2D eigenvalue weighted by Gasteiger charge is -2.36. The van der Waals surface area contributed by atoms with E-state index in [2.05, 4.69) is 9.97 Å². The molecule has 0 aliphatic carbocycles. The third kappa shape index (κ3) is 3.88. The molecule has 2 heterocycles. The van der Waals surface area contributed by atoms with Gasteiger partial charge in [-0.2, -0.15) is 0 Å². The molecule has 0 spiro atoms. The number of nitrogens with two attached hydrogens (primary N) is 1. The average Bonchev–Trinajstić information content (AvgIpc) is 3.11. The van der Waals surface area contributed by atoms with E-state index in [-0.39, 0.29) is 24.4 Å². The zero-order chi connectivity index (χ0) is 17.8. The zero-order valence-corrected chi connectivity index (χ0v) is 14.2. The molecule has 1 saturated heterocycles. The molecule has 6 nitrogen and oxygen atoms in total. The Bertz CT molecular complexity index is 733. The van der Waals surface area contributed by atoms with Gasteiger partial charge < -0.3 is 20.4 Å². The van der Waals surface area contributed by atoms with Crippen LogP contribution in [-0.2, 0) is 9.53 Å². The Hall–Kier alpha value is -2.25. The maximum absolute atomic E-state index is 13.4. The third-order valence-corrected chi connectivity index (χ3v) is 4.50. The number of piperidine rings is 1. The Labute approximate surface area is 146 Å². The van der Waals surface area contributed by atoms with Crippen LogP contribution in [0.4, 0.5) is 4.39 Å². The van der Waals surface area contributed by atoms with E-state index in [0.717, 1.165) is 30.5 Å². The minimum absolute atomic E-state index is 0.129. The highest BCUT2D eigenvalue weighted by molar-refractivity contribution is 5.82. The van der Waals surface area contributed by atoms with Crippen molar-refractivity contribution in [3.63, 3.8) is 0 Å². The van der Waals surface area contributed by atoms with Gasteiger partial charge in [-0.3, -0.25) is 4.79 Å². The van der Waals surface area contributed by atoms with Crippen molar-refractivity contribution in [3.05, 3.63) is 42.1 Å². The highest BCUT2D eigenvalue weighted by Gasteiger charge is 2.32. The summed E-state index contributed by atoms with van der Waals surface area (Å²) in [6, 6.07) is 5.51. The van der Waals surface area contributed by atoms with Gasteiger partial charge in [-0.15, -0.1) is 0 Å².